The van der Waals surface area contributed by atoms with Gasteiger partial charge in [-0.3, -0.25) is 0 Å². The van der Waals surface area contributed by atoms with E-state index in [1.54, 1.807) is 6.92 Å². The van der Waals surface area contributed by atoms with Crippen molar-refractivity contribution in [3.05, 3.63) is 71.8 Å². The van der Waals surface area contributed by atoms with E-state index in [0.717, 1.165) is 17.5 Å². The summed E-state index contributed by atoms with van der Waals surface area (Å²) >= 11 is 0. The van der Waals surface area contributed by atoms with E-state index in [0.29, 0.717) is 11.8 Å². The molecule has 38 heavy (non-hydrogen) atoms. The molecule has 3 fully saturated rings. The highest BCUT2D eigenvalue weighted by molar-refractivity contribution is 5.74. The SMILES string of the molecule is CC(O[C@@H](c1ccccc1)[C@H](O[C@H]1C[C@@H]2[C@H]3CC[C@@](C)([C@@H]2O1)C3(C)C)c1ccccc1)C(=O)OC(C)(C)C. The van der Waals surface area contributed by atoms with Crippen LogP contribution < -0.4 is 0 Å². The van der Waals surface area contributed by atoms with Crippen LogP contribution in [0.25, 0.3) is 0 Å². The second-order valence-electron chi connectivity index (χ2n) is 13.3. The maximum Gasteiger partial charge on any atom is 0.335 e. The van der Waals surface area contributed by atoms with Crippen molar-refractivity contribution in [1.82, 2.24) is 0 Å². The number of hydrogen-bond donors (Lipinski definition) is 0. The maximum absolute atomic E-state index is 12.9. The van der Waals surface area contributed by atoms with Crippen LogP contribution in [0.2, 0.25) is 0 Å². The summed E-state index contributed by atoms with van der Waals surface area (Å²) < 4.78 is 25.8. The topological polar surface area (TPSA) is 54.0 Å². The molecule has 2 aliphatic carbocycles. The van der Waals surface area contributed by atoms with Crippen LogP contribution in [-0.4, -0.2) is 30.1 Å². The van der Waals surface area contributed by atoms with E-state index in [1.165, 1.54) is 12.8 Å². The minimum absolute atomic E-state index is 0.170. The van der Waals surface area contributed by atoms with Crippen LogP contribution in [0.15, 0.2) is 60.7 Å². The first kappa shape index (κ1) is 27.4. The first-order chi connectivity index (χ1) is 17.9. The van der Waals surface area contributed by atoms with Gasteiger partial charge in [-0.15, -0.1) is 0 Å². The quantitative estimate of drug-likeness (QED) is 0.339. The minimum Gasteiger partial charge on any atom is -0.458 e. The van der Waals surface area contributed by atoms with E-state index < -0.39 is 23.9 Å². The van der Waals surface area contributed by atoms with Crippen LogP contribution in [0.1, 0.15) is 91.1 Å². The Morgan fingerprint density at radius 3 is 2.08 bits per heavy atom. The zero-order chi connectivity index (χ0) is 27.3. The van der Waals surface area contributed by atoms with E-state index in [9.17, 15) is 4.79 Å². The Labute approximate surface area is 228 Å². The molecule has 1 aliphatic heterocycles. The monoisotopic (exact) mass is 520 g/mol. The fourth-order valence-electron chi connectivity index (χ4n) is 7.33. The molecule has 2 bridgehead atoms. The molecule has 5 rings (SSSR count). The number of ether oxygens (including phenoxy) is 4. The molecule has 0 spiro atoms. The fraction of sp³-hybridized carbons (Fsp3) is 0.606. The molecule has 0 N–H and O–H groups in total. The van der Waals surface area contributed by atoms with Gasteiger partial charge >= 0.3 is 5.97 Å². The van der Waals surface area contributed by atoms with E-state index >= 15 is 0 Å². The van der Waals surface area contributed by atoms with E-state index in [2.05, 4.69) is 32.9 Å². The molecule has 2 aromatic rings. The summed E-state index contributed by atoms with van der Waals surface area (Å²) in [5, 5.41) is 0. The molecule has 0 radical (unpaired) electrons. The molecule has 5 nitrogen and oxygen atoms in total. The Morgan fingerprint density at radius 1 is 0.947 bits per heavy atom. The number of benzene rings is 2. The number of carbonyl (C=O) groups excluding carboxylic acids is 1. The van der Waals surface area contributed by atoms with Crippen LogP contribution >= 0.6 is 0 Å². The average Bonchev–Trinajstić information content (AvgIpc) is 3.44. The number of carbonyl (C=O) groups is 1. The fourth-order valence-corrected chi connectivity index (χ4v) is 7.33. The number of fused-ring (bicyclic) bond motifs is 5. The molecular weight excluding hydrogens is 476 g/mol. The molecule has 2 saturated carbocycles. The Bertz CT molecular complexity index is 1110. The van der Waals surface area contributed by atoms with Crippen molar-refractivity contribution < 1.29 is 23.7 Å². The van der Waals surface area contributed by atoms with Crippen LogP contribution in [0.4, 0.5) is 0 Å². The normalized spacial score (nSPS) is 32.0. The molecule has 3 aliphatic rings. The zero-order valence-electron chi connectivity index (χ0n) is 24.0. The average molecular weight is 521 g/mol. The van der Waals surface area contributed by atoms with Crippen LogP contribution in [0, 0.1) is 22.7 Å². The lowest BCUT2D eigenvalue weighted by atomic mass is 9.70. The van der Waals surface area contributed by atoms with Gasteiger partial charge in [-0.25, -0.2) is 4.79 Å². The number of rotatable bonds is 8. The Kier molecular flexibility index (Phi) is 7.25. The first-order valence-electron chi connectivity index (χ1n) is 14.2. The molecule has 1 unspecified atom stereocenters. The molecule has 206 valence electrons. The van der Waals surface area contributed by atoms with Crippen molar-refractivity contribution in [1.29, 1.82) is 0 Å². The second kappa shape index (κ2) is 10.1. The summed E-state index contributed by atoms with van der Waals surface area (Å²) in [6, 6.07) is 20.2. The van der Waals surface area contributed by atoms with Gasteiger partial charge < -0.3 is 18.9 Å². The summed E-state index contributed by atoms with van der Waals surface area (Å²) in [4.78, 5) is 12.9. The third-order valence-corrected chi connectivity index (χ3v) is 9.59. The zero-order valence-corrected chi connectivity index (χ0v) is 24.0. The third-order valence-electron chi connectivity index (χ3n) is 9.59. The molecule has 0 amide bonds. The summed E-state index contributed by atoms with van der Waals surface area (Å²) in [7, 11) is 0. The second-order valence-corrected chi connectivity index (χ2v) is 13.3. The largest absolute Gasteiger partial charge is 0.458 e. The van der Waals surface area contributed by atoms with Crippen LogP contribution in [0.3, 0.4) is 0 Å². The van der Waals surface area contributed by atoms with E-state index in [4.69, 9.17) is 18.9 Å². The van der Waals surface area contributed by atoms with Gasteiger partial charge in [0.1, 0.15) is 17.8 Å². The highest BCUT2D eigenvalue weighted by atomic mass is 16.7. The molecule has 1 heterocycles. The summed E-state index contributed by atoms with van der Waals surface area (Å²) in [6.45, 7) is 14.6. The van der Waals surface area contributed by atoms with Gasteiger partial charge in [-0.05, 0) is 74.3 Å². The summed E-state index contributed by atoms with van der Waals surface area (Å²) in [6.07, 6.45) is 1.53. The summed E-state index contributed by atoms with van der Waals surface area (Å²) in [5.74, 6) is 0.792. The molecule has 5 heteroatoms. The van der Waals surface area contributed by atoms with Crippen LogP contribution in [0.5, 0.6) is 0 Å². The highest BCUT2D eigenvalue weighted by Gasteiger charge is 2.69. The smallest absolute Gasteiger partial charge is 0.335 e. The van der Waals surface area contributed by atoms with Crippen molar-refractivity contribution in [3.8, 4) is 0 Å². The minimum atomic E-state index is -0.770. The van der Waals surface area contributed by atoms with Gasteiger partial charge in [0.15, 0.2) is 12.4 Å². The first-order valence-corrected chi connectivity index (χ1v) is 14.2. The lowest BCUT2D eigenvalue weighted by Crippen LogP contribution is -2.38. The van der Waals surface area contributed by atoms with Crippen molar-refractivity contribution in [3.63, 3.8) is 0 Å². The van der Waals surface area contributed by atoms with E-state index in [1.807, 2.05) is 69.3 Å². The van der Waals surface area contributed by atoms with Gasteiger partial charge in [-0.2, -0.15) is 0 Å². The van der Waals surface area contributed by atoms with Gasteiger partial charge in [0.2, 0.25) is 0 Å². The van der Waals surface area contributed by atoms with Crippen LogP contribution in [-0.2, 0) is 23.7 Å². The lowest BCUT2D eigenvalue weighted by molar-refractivity contribution is -0.219. The van der Waals surface area contributed by atoms with Gasteiger partial charge in [0, 0.05) is 6.42 Å². The van der Waals surface area contributed by atoms with Crippen molar-refractivity contribution in [2.24, 2.45) is 22.7 Å². The molecule has 1 saturated heterocycles. The van der Waals surface area contributed by atoms with Gasteiger partial charge in [0.25, 0.3) is 0 Å². The molecule has 2 aromatic carbocycles. The Hall–Kier alpha value is -2.21. The van der Waals surface area contributed by atoms with E-state index in [-0.39, 0.29) is 29.2 Å². The Balaban J connectivity index is 1.43. The molecule has 0 aromatic heterocycles. The lowest BCUT2D eigenvalue weighted by Gasteiger charge is -2.39. The number of hydrogen-bond acceptors (Lipinski definition) is 5. The third kappa shape index (κ3) is 4.94. The summed E-state index contributed by atoms with van der Waals surface area (Å²) in [5.41, 5.74) is 1.80. The highest BCUT2D eigenvalue weighted by Crippen LogP contribution is 2.71. The number of esters is 1. The van der Waals surface area contributed by atoms with Gasteiger partial charge in [0.05, 0.1) is 6.10 Å². The van der Waals surface area contributed by atoms with Crippen molar-refractivity contribution in [2.45, 2.75) is 104 Å². The molecule has 8 atom stereocenters. The Morgan fingerprint density at radius 2 is 1.53 bits per heavy atom. The molecular formula is C33H44O5. The maximum atomic E-state index is 12.9. The predicted molar refractivity (Wildman–Crippen MR) is 147 cm³/mol. The van der Waals surface area contributed by atoms with Gasteiger partial charge in [-0.1, -0.05) is 81.4 Å². The standard InChI is InChI=1S/C33H44O5/c1-21(30(34)38-31(2,3)4)35-27(22-14-10-8-11-15-22)28(23-16-12-9-13-17-23)36-26-20-24-25-18-19-33(7,29(24)37-26)32(25,5)6/h8-17,21,24-29H,18-20H2,1-7H3/t21?,24-,25-,26-,27+,28-,29-,33+/m1/s1. The van der Waals surface area contributed by atoms with Crippen molar-refractivity contribution in [2.75, 3.05) is 0 Å². The van der Waals surface area contributed by atoms with Crippen molar-refractivity contribution >= 4 is 5.97 Å². The predicted octanol–water partition coefficient (Wildman–Crippen LogP) is 7.42.